The van der Waals surface area contributed by atoms with Gasteiger partial charge >= 0.3 is 6.18 Å². The molecule has 35 heavy (non-hydrogen) atoms. The molecule has 0 spiro atoms. The zero-order chi connectivity index (χ0) is 25.0. The number of carbonyl (C=O) groups excluding carboxylic acids is 2. The number of nitrogens with zero attached hydrogens (tertiary/aromatic N) is 1. The van der Waals surface area contributed by atoms with Crippen LogP contribution in [0.2, 0.25) is 0 Å². The van der Waals surface area contributed by atoms with Gasteiger partial charge in [-0.25, -0.2) is 0 Å². The van der Waals surface area contributed by atoms with Crippen molar-refractivity contribution in [1.82, 2.24) is 4.90 Å². The van der Waals surface area contributed by atoms with Crippen LogP contribution in [0.5, 0.6) is 0 Å². The molecule has 1 aliphatic carbocycles. The average Bonchev–Trinajstić information content (AvgIpc) is 2.85. The van der Waals surface area contributed by atoms with Crippen LogP contribution >= 0.6 is 0 Å². The van der Waals surface area contributed by atoms with Gasteiger partial charge in [0.15, 0.2) is 0 Å². The molecule has 2 aromatic carbocycles. The number of aliphatic hydroxyl groups excluding tert-OH is 1. The summed E-state index contributed by atoms with van der Waals surface area (Å²) in [6.45, 7) is -0.0126. The number of rotatable bonds is 6. The number of alkyl halides is 3. The van der Waals surface area contributed by atoms with E-state index in [0.717, 1.165) is 37.8 Å². The molecule has 2 N–H and O–H groups in total. The third-order valence-corrected chi connectivity index (χ3v) is 6.73. The summed E-state index contributed by atoms with van der Waals surface area (Å²) in [4.78, 5) is 26.5. The molecule has 1 saturated heterocycles. The first-order chi connectivity index (χ1) is 16.7. The number of benzene rings is 2. The zero-order valence-corrected chi connectivity index (χ0v) is 19.3. The van der Waals surface area contributed by atoms with Gasteiger partial charge in [-0.15, -0.1) is 0 Å². The predicted molar refractivity (Wildman–Crippen MR) is 123 cm³/mol. The van der Waals surface area contributed by atoms with Gasteiger partial charge in [-0.05, 0) is 48.2 Å². The number of anilines is 1. The van der Waals surface area contributed by atoms with Crippen LogP contribution in [-0.4, -0.2) is 41.1 Å². The summed E-state index contributed by atoms with van der Waals surface area (Å²) < 4.78 is 43.9. The Morgan fingerprint density at radius 2 is 1.71 bits per heavy atom. The molecular weight excluding hydrogens is 461 g/mol. The van der Waals surface area contributed by atoms with Crippen molar-refractivity contribution in [1.29, 1.82) is 0 Å². The zero-order valence-electron chi connectivity index (χ0n) is 19.3. The fourth-order valence-corrected chi connectivity index (χ4v) is 4.68. The molecule has 2 aliphatic rings. The van der Waals surface area contributed by atoms with Crippen molar-refractivity contribution in [3.05, 3.63) is 65.2 Å². The highest BCUT2D eigenvalue weighted by molar-refractivity contribution is 5.92. The molecule has 4 rings (SSSR count). The van der Waals surface area contributed by atoms with E-state index >= 15 is 0 Å². The molecule has 2 amide bonds. The molecule has 1 saturated carbocycles. The average molecular weight is 491 g/mol. The number of aliphatic hydroxyl groups is 1. The summed E-state index contributed by atoms with van der Waals surface area (Å²) in [5, 5.41) is 14.0. The molecule has 1 heterocycles. The molecule has 0 unspecified atom stereocenters. The Kier molecular flexibility index (Phi) is 7.76. The number of halogens is 3. The van der Waals surface area contributed by atoms with E-state index in [1.165, 1.54) is 23.5 Å². The van der Waals surface area contributed by atoms with Crippen LogP contribution < -0.4 is 5.32 Å². The summed E-state index contributed by atoms with van der Waals surface area (Å²) in [7, 11) is 0. The van der Waals surface area contributed by atoms with Gasteiger partial charge in [-0.1, -0.05) is 43.5 Å². The van der Waals surface area contributed by atoms with Crippen LogP contribution in [0.4, 0.5) is 18.9 Å². The van der Waals surface area contributed by atoms with Crippen LogP contribution in [0, 0.1) is 5.92 Å². The number of ether oxygens (including phenoxy) is 1. The van der Waals surface area contributed by atoms with E-state index in [9.17, 15) is 27.9 Å². The normalized spacial score (nSPS) is 20.5. The lowest BCUT2D eigenvalue weighted by Gasteiger charge is -2.38. The van der Waals surface area contributed by atoms with Gasteiger partial charge in [0.1, 0.15) is 12.7 Å². The molecule has 2 atom stereocenters. The summed E-state index contributed by atoms with van der Waals surface area (Å²) >= 11 is 0. The highest BCUT2D eigenvalue weighted by Gasteiger charge is 2.35. The molecule has 0 bridgehead atoms. The van der Waals surface area contributed by atoms with Crippen LogP contribution in [0.15, 0.2) is 48.5 Å². The first-order valence-electron chi connectivity index (χ1n) is 11.8. The Morgan fingerprint density at radius 3 is 2.34 bits per heavy atom. The van der Waals surface area contributed by atoms with Crippen molar-refractivity contribution < 1.29 is 32.6 Å². The number of nitrogens with one attached hydrogen (secondary N) is 1. The Hall–Kier alpha value is -2.91. The molecule has 2 fully saturated rings. The van der Waals surface area contributed by atoms with Crippen molar-refractivity contribution in [2.45, 2.75) is 57.0 Å². The minimum Gasteiger partial charge on any atom is -0.386 e. The first kappa shape index (κ1) is 25.2. The summed E-state index contributed by atoms with van der Waals surface area (Å²) in [5.74, 6) is -0.318. The smallest absolute Gasteiger partial charge is 0.386 e. The third kappa shape index (κ3) is 6.21. The number of carbonyl (C=O) groups is 2. The van der Waals surface area contributed by atoms with Crippen LogP contribution in [0.1, 0.15) is 54.9 Å². The Bertz CT molecular complexity index is 1020. The van der Waals surface area contributed by atoms with E-state index in [-0.39, 0.29) is 37.5 Å². The minimum absolute atomic E-state index is 0.00647. The van der Waals surface area contributed by atoms with E-state index in [2.05, 4.69) is 5.32 Å². The summed E-state index contributed by atoms with van der Waals surface area (Å²) in [6, 6.07) is 10.7. The second kappa shape index (κ2) is 10.8. The number of hydrogen-bond acceptors (Lipinski definition) is 4. The van der Waals surface area contributed by atoms with E-state index in [1.807, 2.05) is 0 Å². The van der Waals surface area contributed by atoms with Crippen molar-refractivity contribution in [2.24, 2.45) is 5.92 Å². The van der Waals surface area contributed by atoms with Crippen molar-refractivity contribution in [2.75, 3.05) is 18.5 Å². The maximum absolute atomic E-state index is 12.9. The van der Waals surface area contributed by atoms with E-state index in [1.54, 1.807) is 24.3 Å². The number of hydrogen-bond donors (Lipinski definition) is 2. The number of amides is 2. The molecule has 2 aromatic rings. The Labute approximate surface area is 202 Å². The molecule has 1 aliphatic heterocycles. The van der Waals surface area contributed by atoms with Gasteiger partial charge in [0, 0.05) is 18.2 Å². The van der Waals surface area contributed by atoms with E-state index in [0.29, 0.717) is 16.8 Å². The quantitative estimate of drug-likeness (QED) is 0.616. The molecule has 9 heteroatoms. The molecule has 0 radical (unpaired) electrons. The second-order valence-corrected chi connectivity index (χ2v) is 9.19. The fraction of sp³-hybridized carbons (Fsp3) is 0.462. The van der Waals surface area contributed by atoms with Crippen LogP contribution in [0.25, 0.3) is 0 Å². The Morgan fingerprint density at radius 1 is 1.06 bits per heavy atom. The molecule has 6 nitrogen and oxygen atoms in total. The molecule has 0 aromatic heterocycles. The van der Waals surface area contributed by atoms with Gasteiger partial charge in [-0.3, -0.25) is 9.59 Å². The van der Waals surface area contributed by atoms with E-state index in [4.69, 9.17) is 4.74 Å². The SMILES string of the molecule is O=C(Nc1ccc([C@@H](O)[C@H]2COCC(=O)N2Cc2ccc(C(F)(F)F)cc2)cc1)C1CCCCC1. The van der Waals surface area contributed by atoms with Gasteiger partial charge in [0.25, 0.3) is 0 Å². The van der Waals surface area contributed by atoms with Crippen LogP contribution in [0.3, 0.4) is 0 Å². The standard InChI is InChI=1S/C26H29F3N2O4/c27-26(28,29)20-10-6-17(7-11-20)14-31-22(15-35-16-23(31)32)24(33)18-8-12-21(13-9-18)30-25(34)19-4-2-1-3-5-19/h6-13,19,22,24,33H,1-5,14-16H2,(H,30,34)/t22-,24-/m1/s1. The van der Waals surface area contributed by atoms with Gasteiger partial charge in [0.05, 0.1) is 18.2 Å². The second-order valence-electron chi connectivity index (χ2n) is 9.19. The highest BCUT2D eigenvalue weighted by Crippen LogP contribution is 2.31. The molecular formula is C26H29F3N2O4. The lowest BCUT2D eigenvalue weighted by atomic mass is 9.88. The molecule has 188 valence electrons. The lowest BCUT2D eigenvalue weighted by molar-refractivity contribution is -0.155. The first-order valence-corrected chi connectivity index (χ1v) is 11.8. The van der Waals surface area contributed by atoms with E-state index < -0.39 is 23.9 Å². The maximum Gasteiger partial charge on any atom is 0.416 e. The highest BCUT2D eigenvalue weighted by atomic mass is 19.4. The Balaban J connectivity index is 1.43. The van der Waals surface area contributed by atoms with Crippen molar-refractivity contribution >= 4 is 17.5 Å². The van der Waals surface area contributed by atoms with Crippen LogP contribution in [-0.2, 0) is 27.0 Å². The van der Waals surface area contributed by atoms with Gasteiger partial charge in [-0.2, -0.15) is 13.2 Å². The minimum atomic E-state index is -4.44. The largest absolute Gasteiger partial charge is 0.416 e. The topological polar surface area (TPSA) is 78.9 Å². The van der Waals surface area contributed by atoms with Gasteiger partial charge < -0.3 is 20.1 Å². The fourth-order valence-electron chi connectivity index (χ4n) is 4.68. The number of morpholine rings is 1. The lowest BCUT2D eigenvalue weighted by Crippen LogP contribution is -2.51. The summed E-state index contributed by atoms with van der Waals surface area (Å²) in [5.41, 5.74) is 0.934. The van der Waals surface area contributed by atoms with Gasteiger partial charge in [0.2, 0.25) is 11.8 Å². The van der Waals surface area contributed by atoms with Crippen molar-refractivity contribution in [3.8, 4) is 0 Å². The third-order valence-electron chi connectivity index (χ3n) is 6.73. The van der Waals surface area contributed by atoms with Crippen molar-refractivity contribution in [3.63, 3.8) is 0 Å². The monoisotopic (exact) mass is 490 g/mol. The maximum atomic E-state index is 12.9. The summed E-state index contributed by atoms with van der Waals surface area (Å²) in [6.07, 6.45) is -0.423. The predicted octanol–water partition coefficient (Wildman–Crippen LogP) is 4.69.